The zero-order valence-electron chi connectivity index (χ0n) is 16.6. The van der Waals surface area contributed by atoms with Crippen LogP contribution in [0.25, 0.3) is 22.4 Å². The van der Waals surface area contributed by atoms with Crippen molar-refractivity contribution in [2.24, 2.45) is 13.0 Å². The monoisotopic (exact) mass is 356 g/mol. The average molecular weight is 357 g/mol. The van der Waals surface area contributed by atoms with Crippen LogP contribution in [0.15, 0.2) is 66.9 Å². The van der Waals surface area contributed by atoms with Crippen LogP contribution in [-0.2, 0) is 13.5 Å². The zero-order chi connectivity index (χ0) is 18.6. The molecule has 1 nitrogen and oxygen atoms in total. The van der Waals surface area contributed by atoms with Crippen molar-refractivity contribution in [1.29, 1.82) is 0 Å². The van der Waals surface area contributed by atoms with E-state index in [0.29, 0.717) is 0 Å². The molecule has 0 aliphatic heterocycles. The minimum absolute atomic E-state index is 0.880. The molecule has 0 spiro atoms. The molecule has 1 aliphatic rings. The summed E-state index contributed by atoms with van der Waals surface area (Å²) in [6, 6.07) is 22.4. The van der Waals surface area contributed by atoms with Gasteiger partial charge in [0, 0.05) is 17.7 Å². The van der Waals surface area contributed by atoms with Gasteiger partial charge < -0.3 is 0 Å². The quantitative estimate of drug-likeness (QED) is 0.485. The highest BCUT2D eigenvalue weighted by atomic mass is 14.9. The molecule has 1 aromatic heterocycles. The third-order valence-electron chi connectivity index (χ3n) is 6.08. The van der Waals surface area contributed by atoms with E-state index in [0.717, 1.165) is 5.92 Å². The summed E-state index contributed by atoms with van der Waals surface area (Å²) in [5, 5.41) is 0. The lowest BCUT2D eigenvalue weighted by Gasteiger charge is -2.21. The highest BCUT2D eigenvalue weighted by molar-refractivity contribution is 5.70. The first-order valence-corrected chi connectivity index (χ1v) is 10.4. The Morgan fingerprint density at radius 2 is 1.63 bits per heavy atom. The summed E-state index contributed by atoms with van der Waals surface area (Å²) in [5.74, 6) is 0.880. The van der Waals surface area contributed by atoms with Crippen LogP contribution in [0.5, 0.6) is 0 Å². The van der Waals surface area contributed by atoms with Crippen molar-refractivity contribution in [3.8, 4) is 22.4 Å². The molecule has 0 N–H and O–H groups in total. The highest BCUT2D eigenvalue weighted by Crippen LogP contribution is 2.29. The average Bonchev–Trinajstić information content (AvgIpc) is 2.70. The Kier molecular flexibility index (Phi) is 5.38. The molecule has 1 heterocycles. The first kappa shape index (κ1) is 18.0. The molecule has 1 aliphatic carbocycles. The number of nitrogens with zero attached hydrogens (tertiary/aromatic N) is 1. The van der Waals surface area contributed by atoms with E-state index in [-0.39, 0.29) is 0 Å². The van der Waals surface area contributed by atoms with E-state index in [1.54, 1.807) is 0 Å². The standard InChI is InChI=1S/C26H30N/c1-20-9-6-7-14-25(20)26-19-24(15-16-27(26)2)23-13-8-12-22(18-23)17-21-10-4-3-5-11-21/h6-9,12-16,18-19,21H,3-5,10-11,17H2,1-2H3/q+1. The van der Waals surface area contributed by atoms with E-state index < -0.39 is 0 Å². The maximum atomic E-state index is 2.41. The van der Waals surface area contributed by atoms with E-state index in [4.69, 9.17) is 0 Å². The molecule has 0 radical (unpaired) electrons. The van der Waals surface area contributed by atoms with Gasteiger partial charge in [0.05, 0.1) is 0 Å². The van der Waals surface area contributed by atoms with Crippen molar-refractivity contribution in [3.63, 3.8) is 0 Å². The number of pyridine rings is 1. The Morgan fingerprint density at radius 1 is 0.852 bits per heavy atom. The molecule has 4 rings (SSSR count). The van der Waals surface area contributed by atoms with Crippen LogP contribution in [-0.4, -0.2) is 0 Å². The highest BCUT2D eigenvalue weighted by Gasteiger charge is 2.16. The van der Waals surface area contributed by atoms with E-state index in [9.17, 15) is 0 Å². The second-order valence-electron chi connectivity index (χ2n) is 8.14. The Balaban J connectivity index is 1.65. The Hall–Kier alpha value is -2.41. The van der Waals surface area contributed by atoms with Gasteiger partial charge in [0.25, 0.3) is 0 Å². The van der Waals surface area contributed by atoms with Crippen molar-refractivity contribution in [2.75, 3.05) is 0 Å². The molecule has 27 heavy (non-hydrogen) atoms. The number of aryl methyl sites for hydroxylation is 2. The molecule has 1 fully saturated rings. The molecule has 138 valence electrons. The fraction of sp³-hybridized carbons (Fsp3) is 0.346. The summed E-state index contributed by atoms with van der Waals surface area (Å²) >= 11 is 0. The molecule has 0 saturated heterocycles. The molecule has 0 unspecified atom stereocenters. The molecule has 2 aromatic carbocycles. The smallest absolute Gasteiger partial charge is 0.201 e. The minimum atomic E-state index is 0.880. The number of hydrogen-bond donors (Lipinski definition) is 0. The predicted molar refractivity (Wildman–Crippen MR) is 114 cm³/mol. The third kappa shape index (κ3) is 4.13. The third-order valence-corrected chi connectivity index (χ3v) is 6.08. The lowest BCUT2D eigenvalue weighted by Crippen LogP contribution is -2.30. The van der Waals surface area contributed by atoms with Gasteiger partial charge in [-0.1, -0.05) is 74.6 Å². The lowest BCUT2D eigenvalue weighted by molar-refractivity contribution is -0.660. The Labute approximate surface area is 163 Å². The van der Waals surface area contributed by atoms with Gasteiger partial charge in [0.1, 0.15) is 7.05 Å². The van der Waals surface area contributed by atoms with Gasteiger partial charge in [-0.2, -0.15) is 0 Å². The molecule has 0 bridgehead atoms. The van der Waals surface area contributed by atoms with Crippen LogP contribution in [0, 0.1) is 12.8 Å². The van der Waals surface area contributed by atoms with Crippen LogP contribution in [0.1, 0.15) is 43.2 Å². The van der Waals surface area contributed by atoms with Crippen molar-refractivity contribution in [2.45, 2.75) is 45.4 Å². The van der Waals surface area contributed by atoms with Gasteiger partial charge >= 0.3 is 0 Å². The van der Waals surface area contributed by atoms with E-state index >= 15 is 0 Å². The van der Waals surface area contributed by atoms with E-state index in [1.807, 2.05) is 0 Å². The maximum Gasteiger partial charge on any atom is 0.213 e. The molecule has 0 atom stereocenters. The fourth-order valence-electron chi connectivity index (χ4n) is 4.48. The van der Waals surface area contributed by atoms with Crippen LogP contribution in [0.3, 0.4) is 0 Å². The molecular formula is C26H30N+. The molecule has 3 aromatic rings. The largest absolute Gasteiger partial charge is 0.213 e. The summed E-state index contributed by atoms with van der Waals surface area (Å²) in [4.78, 5) is 0. The molecule has 1 heteroatoms. The summed E-state index contributed by atoms with van der Waals surface area (Å²) < 4.78 is 2.22. The molecule has 1 saturated carbocycles. The first-order valence-electron chi connectivity index (χ1n) is 10.4. The van der Waals surface area contributed by atoms with Crippen LogP contribution in [0.2, 0.25) is 0 Å². The van der Waals surface area contributed by atoms with Gasteiger partial charge in [0.2, 0.25) is 5.69 Å². The van der Waals surface area contributed by atoms with Crippen LogP contribution >= 0.6 is 0 Å². The van der Waals surface area contributed by atoms with Crippen molar-refractivity contribution in [1.82, 2.24) is 0 Å². The summed E-state index contributed by atoms with van der Waals surface area (Å²) in [6.45, 7) is 2.19. The lowest BCUT2D eigenvalue weighted by atomic mass is 9.84. The summed E-state index contributed by atoms with van der Waals surface area (Å²) in [6.07, 6.45) is 10.5. The van der Waals surface area contributed by atoms with E-state index in [1.165, 1.54) is 72.0 Å². The van der Waals surface area contributed by atoms with Gasteiger partial charge in [0.15, 0.2) is 6.20 Å². The predicted octanol–water partition coefficient (Wildman–Crippen LogP) is 6.28. The van der Waals surface area contributed by atoms with Crippen molar-refractivity contribution < 1.29 is 4.57 Å². The summed E-state index contributed by atoms with van der Waals surface area (Å²) in [7, 11) is 2.13. The van der Waals surface area contributed by atoms with Gasteiger partial charge in [-0.25, -0.2) is 4.57 Å². The zero-order valence-corrected chi connectivity index (χ0v) is 16.6. The minimum Gasteiger partial charge on any atom is -0.201 e. The maximum absolute atomic E-state index is 2.41. The number of benzene rings is 2. The first-order chi connectivity index (χ1) is 13.2. The van der Waals surface area contributed by atoms with Gasteiger partial charge in [-0.3, -0.25) is 0 Å². The van der Waals surface area contributed by atoms with Crippen LogP contribution in [0.4, 0.5) is 0 Å². The number of rotatable bonds is 4. The van der Waals surface area contributed by atoms with Crippen LogP contribution < -0.4 is 4.57 Å². The molecule has 0 amide bonds. The number of hydrogen-bond acceptors (Lipinski definition) is 0. The molecular weight excluding hydrogens is 326 g/mol. The number of aromatic nitrogens is 1. The summed E-state index contributed by atoms with van der Waals surface area (Å²) in [5.41, 5.74) is 8.01. The topological polar surface area (TPSA) is 3.88 Å². The second kappa shape index (κ2) is 8.08. The van der Waals surface area contributed by atoms with Crippen molar-refractivity contribution >= 4 is 0 Å². The Bertz CT molecular complexity index is 919. The SMILES string of the molecule is Cc1ccccc1-c1cc(-c2cccc(CC3CCCCC3)c2)cc[n+]1C. The second-order valence-corrected chi connectivity index (χ2v) is 8.14. The Morgan fingerprint density at radius 3 is 2.44 bits per heavy atom. The van der Waals surface area contributed by atoms with E-state index in [2.05, 4.69) is 85.4 Å². The van der Waals surface area contributed by atoms with Gasteiger partial charge in [-0.05, 0) is 47.6 Å². The van der Waals surface area contributed by atoms with Crippen molar-refractivity contribution in [3.05, 3.63) is 78.0 Å². The fourth-order valence-corrected chi connectivity index (χ4v) is 4.48. The normalized spacial score (nSPS) is 15.0. The van der Waals surface area contributed by atoms with Gasteiger partial charge in [-0.15, -0.1) is 0 Å².